The number of carbonyl (C=O) groups excluding carboxylic acids is 1. The van der Waals surface area contributed by atoms with Crippen LogP contribution >= 0.6 is 0 Å². The molecule has 0 aliphatic rings. The number of carbonyl (C=O) groups is 2. The van der Waals surface area contributed by atoms with Gasteiger partial charge in [-0.15, -0.1) is 0 Å². The lowest BCUT2D eigenvalue weighted by Crippen LogP contribution is -2.49. The van der Waals surface area contributed by atoms with Gasteiger partial charge >= 0.3 is 5.97 Å². The molecule has 0 spiro atoms. The molecule has 0 saturated heterocycles. The quantitative estimate of drug-likeness (QED) is 0.765. The molecule has 0 bridgehead atoms. The molecule has 0 unspecified atom stereocenters. The summed E-state index contributed by atoms with van der Waals surface area (Å²) in [5, 5.41) is 11.2. The third-order valence-corrected chi connectivity index (χ3v) is 1.88. The minimum Gasteiger partial charge on any atom is -0.480 e. The summed E-state index contributed by atoms with van der Waals surface area (Å²) >= 11 is 0. The van der Waals surface area contributed by atoms with E-state index in [1.54, 1.807) is 18.3 Å². The summed E-state index contributed by atoms with van der Waals surface area (Å²) in [5.74, 6) is -1.53. The fourth-order valence-electron chi connectivity index (χ4n) is 0.907. The van der Waals surface area contributed by atoms with Gasteiger partial charge in [-0.3, -0.25) is 9.78 Å². The molecule has 15 heavy (non-hydrogen) atoms. The molecule has 5 nitrogen and oxygen atoms in total. The Hall–Kier alpha value is -1.91. The first-order valence-corrected chi connectivity index (χ1v) is 4.39. The summed E-state index contributed by atoms with van der Waals surface area (Å²) in [5.41, 5.74) is -0.945. The normalized spacial score (nSPS) is 10.8. The van der Waals surface area contributed by atoms with Gasteiger partial charge in [0, 0.05) is 12.4 Å². The van der Waals surface area contributed by atoms with Crippen molar-refractivity contribution in [2.45, 2.75) is 19.4 Å². The second kappa shape index (κ2) is 4.08. The number of rotatable bonds is 3. The topological polar surface area (TPSA) is 79.3 Å². The number of hydrogen-bond acceptors (Lipinski definition) is 3. The molecule has 5 heteroatoms. The molecule has 0 aromatic carbocycles. The fraction of sp³-hybridized carbons (Fsp3) is 0.300. The summed E-state index contributed by atoms with van der Waals surface area (Å²) in [7, 11) is 0. The Bertz CT molecular complexity index is 374. The molecule has 1 amide bonds. The van der Waals surface area contributed by atoms with Gasteiger partial charge in [0.25, 0.3) is 5.91 Å². The minimum atomic E-state index is -1.28. The lowest BCUT2D eigenvalue weighted by atomic mass is 10.1. The maximum Gasteiger partial charge on any atom is 0.328 e. The van der Waals surface area contributed by atoms with Crippen molar-refractivity contribution in [2.75, 3.05) is 0 Å². The van der Waals surface area contributed by atoms with Crippen molar-refractivity contribution in [3.8, 4) is 0 Å². The van der Waals surface area contributed by atoms with E-state index in [2.05, 4.69) is 10.3 Å². The van der Waals surface area contributed by atoms with E-state index in [9.17, 15) is 9.59 Å². The first kappa shape index (κ1) is 11.2. The van der Waals surface area contributed by atoms with Crippen LogP contribution in [0.4, 0.5) is 0 Å². The van der Waals surface area contributed by atoms with E-state index < -0.39 is 17.4 Å². The number of nitrogens with zero attached hydrogens (tertiary/aromatic N) is 1. The molecule has 0 radical (unpaired) electrons. The standard InChI is InChI=1S/C10H12N2O3/c1-10(2,9(14)15)12-8(13)7-4-3-5-11-6-7/h3-6H,1-2H3,(H,12,13)(H,14,15). The number of carboxylic acids is 1. The third kappa shape index (κ3) is 2.77. The number of aromatic nitrogens is 1. The first-order valence-electron chi connectivity index (χ1n) is 4.39. The highest BCUT2D eigenvalue weighted by atomic mass is 16.4. The lowest BCUT2D eigenvalue weighted by Gasteiger charge is -2.20. The van der Waals surface area contributed by atoms with Gasteiger partial charge < -0.3 is 10.4 Å². The summed E-state index contributed by atoms with van der Waals surface area (Å²) in [4.78, 5) is 26.1. The SMILES string of the molecule is CC(C)(NC(=O)c1cccnc1)C(=O)O. The summed E-state index contributed by atoms with van der Waals surface area (Å²) in [6.45, 7) is 2.84. The molecule has 1 aromatic rings. The van der Waals surface area contributed by atoms with Gasteiger partial charge in [0.05, 0.1) is 5.56 Å². The Morgan fingerprint density at radius 1 is 1.47 bits per heavy atom. The van der Waals surface area contributed by atoms with Crippen LogP contribution in [0.3, 0.4) is 0 Å². The number of hydrogen-bond donors (Lipinski definition) is 2. The van der Waals surface area contributed by atoms with E-state index in [0.29, 0.717) is 5.56 Å². The highest BCUT2D eigenvalue weighted by Crippen LogP contribution is 2.04. The van der Waals surface area contributed by atoms with E-state index in [1.807, 2.05) is 0 Å². The van der Waals surface area contributed by atoms with E-state index >= 15 is 0 Å². The lowest BCUT2D eigenvalue weighted by molar-refractivity contribution is -0.143. The Morgan fingerprint density at radius 3 is 2.60 bits per heavy atom. The van der Waals surface area contributed by atoms with Crippen LogP contribution in [0.2, 0.25) is 0 Å². The predicted octanol–water partition coefficient (Wildman–Crippen LogP) is 0.675. The molecule has 1 rings (SSSR count). The average molecular weight is 208 g/mol. The summed E-state index contributed by atoms with van der Waals surface area (Å²) < 4.78 is 0. The number of amides is 1. The molecule has 1 aromatic heterocycles. The van der Waals surface area contributed by atoms with E-state index in [1.165, 1.54) is 20.0 Å². The van der Waals surface area contributed by atoms with E-state index in [-0.39, 0.29) is 0 Å². The maximum atomic E-state index is 11.6. The zero-order valence-corrected chi connectivity index (χ0v) is 8.52. The van der Waals surface area contributed by atoms with Crippen molar-refractivity contribution >= 4 is 11.9 Å². The fourth-order valence-corrected chi connectivity index (χ4v) is 0.907. The van der Waals surface area contributed by atoms with Crippen LogP contribution < -0.4 is 5.32 Å². The molecular weight excluding hydrogens is 196 g/mol. The van der Waals surface area contributed by atoms with Crippen LogP contribution in [0.5, 0.6) is 0 Å². The van der Waals surface area contributed by atoms with Crippen molar-refractivity contribution in [3.63, 3.8) is 0 Å². The van der Waals surface area contributed by atoms with Crippen LogP contribution in [0.25, 0.3) is 0 Å². The molecular formula is C10H12N2O3. The van der Waals surface area contributed by atoms with E-state index in [0.717, 1.165) is 0 Å². The second-order valence-electron chi connectivity index (χ2n) is 3.63. The highest BCUT2D eigenvalue weighted by molar-refractivity contribution is 5.97. The van der Waals surface area contributed by atoms with Crippen LogP contribution in [-0.2, 0) is 4.79 Å². The van der Waals surface area contributed by atoms with Crippen LogP contribution in [-0.4, -0.2) is 27.5 Å². The molecule has 0 saturated carbocycles. The Balaban J connectivity index is 2.77. The van der Waals surface area contributed by atoms with Crippen LogP contribution in [0.1, 0.15) is 24.2 Å². The monoisotopic (exact) mass is 208 g/mol. The Morgan fingerprint density at radius 2 is 2.13 bits per heavy atom. The molecule has 1 heterocycles. The largest absolute Gasteiger partial charge is 0.480 e. The number of nitrogens with one attached hydrogen (secondary N) is 1. The van der Waals surface area contributed by atoms with Crippen LogP contribution in [0.15, 0.2) is 24.5 Å². The second-order valence-corrected chi connectivity index (χ2v) is 3.63. The molecule has 80 valence electrons. The molecule has 2 N–H and O–H groups in total. The smallest absolute Gasteiger partial charge is 0.328 e. The summed E-state index contributed by atoms with van der Waals surface area (Å²) in [6.07, 6.45) is 2.92. The summed E-state index contributed by atoms with van der Waals surface area (Å²) in [6, 6.07) is 3.18. The van der Waals surface area contributed by atoms with Crippen LogP contribution in [0, 0.1) is 0 Å². The predicted molar refractivity (Wildman–Crippen MR) is 53.4 cm³/mol. The molecule has 0 atom stereocenters. The molecule has 0 aliphatic heterocycles. The van der Waals surface area contributed by atoms with E-state index in [4.69, 9.17) is 5.11 Å². The number of aliphatic carboxylic acids is 1. The van der Waals surface area contributed by atoms with Gasteiger partial charge in [-0.1, -0.05) is 0 Å². The Labute approximate surface area is 87.1 Å². The number of pyridine rings is 1. The van der Waals surface area contributed by atoms with Gasteiger partial charge in [0.2, 0.25) is 0 Å². The Kier molecular flexibility index (Phi) is 3.04. The van der Waals surface area contributed by atoms with Crippen molar-refractivity contribution in [1.29, 1.82) is 0 Å². The van der Waals surface area contributed by atoms with Crippen molar-refractivity contribution in [1.82, 2.24) is 10.3 Å². The molecule has 0 aliphatic carbocycles. The van der Waals surface area contributed by atoms with Crippen molar-refractivity contribution in [2.24, 2.45) is 0 Å². The highest BCUT2D eigenvalue weighted by Gasteiger charge is 2.29. The van der Waals surface area contributed by atoms with Gasteiger partial charge in [-0.05, 0) is 26.0 Å². The zero-order valence-electron chi connectivity index (χ0n) is 8.52. The van der Waals surface area contributed by atoms with Gasteiger partial charge in [0.15, 0.2) is 0 Å². The van der Waals surface area contributed by atoms with Crippen molar-refractivity contribution in [3.05, 3.63) is 30.1 Å². The van der Waals surface area contributed by atoms with Crippen molar-refractivity contribution < 1.29 is 14.7 Å². The van der Waals surface area contributed by atoms with Gasteiger partial charge in [0.1, 0.15) is 5.54 Å². The molecule has 0 fully saturated rings. The third-order valence-electron chi connectivity index (χ3n) is 1.88. The maximum absolute atomic E-state index is 11.6. The zero-order chi connectivity index (χ0) is 11.5. The minimum absolute atomic E-state index is 0.340. The first-order chi connectivity index (χ1) is 6.93. The van der Waals surface area contributed by atoms with Gasteiger partial charge in [-0.25, -0.2) is 4.79 Å². The van der Waals surface area contributed by atoms with Gasteiger partial charge in [-0.2, -0.15) is 0 Å². The average Bonchev–Trinajstić information content (AvgIpc) is 2.18. The number of carboxylic acid groups (broad SMARTS) is 1.